The van der Waals surface area contributed by atoms with E-state index in [2.05, 4.69) is 10.3 Å². The third-order valence-corrected chi connectivity index (χ3v) is 5.46. The highest BCUT2D eigenvalue weighted by molar-refractivity contribution is 6.31. The molecule has 1 aliphatic carbocycles. The standard InChI is InChI=1S/C17H23ClN2O3/c1-2-23-15-10-14(17(15)4-7-22-8-5-17)20-16(21)9-12-3-6-19-11-13(12)18/h3,6,11,14-15H,2,4-5,7-10H2,1H3,(H,20,21)/t14-,15-/m1/s1. The quantitative estimate of drug-likeness (QED) is 0.895. The molecule has 2 fully saturated rings. The Hall–Kier alpha value is -1.17. The van der Waals surface area contributed by atoms with E-state index >= 15 is 0 Å². The summed E-state index contributed by atoms with van der Waals surface area (Å²) in [5.41, 5.74) is 0.840. The van der Waals surface area contributed by atoms with Crippen LogP contribution in [0.5, 0.6) is 0 Å². The number of hydrogen-bond acceptors (Lipinski definition) is 4. The Bertz CT molecular complexity index is 561. The molecule has 1 N–H and O–H groups in total. The minimum atomic E-state index is 0.00363. The Kier molecular flexibility index (Phi) is 5.19. The van der Waals surface area contributed by atoms with Crippen LogP contribution < -0.4 is 5.32 Å². The predicted molar refractivity (Wildman–Crippen MR) is 87.4 cm³/mol. The van der Waals surface area contributed by atoms with Crippen molar-refractivity contribution in [1.29, 1.82) is 0 Å². The molecule has 2 aliphatic rings. The van der Waals surface area contributed by atoms with E-state index in [9.17, 15) is 4.79 Å². The number of nitrogens with zero attached hydrogens (tertiary/aromatic N) is 1. The van der Waals surface area contributed by atoms with Crippen LogP contribution >= 0.6 is 11.6 Å². The van der Waals surface area contributed by atoms with Gasteiger partial charge in [0.15, 0.2) is 0 Å². The largest absolute Gasteiger partial charge is 0.381 e. The number of hydrogen-bond donors (Lipinski definition) is 1. The number of ether oxygens (including phenoxy) is 2. The maximum atomic E-state index is 12.4. The van der Waals surface area contributed by atoms with E-state index < -0.39 is 0 Å². The van der Waals surface area contributed by atoms with Crippen LogP contribution in [0.15, 0.2) is 18.5 Å². The molecule has 6 heteroatoms. The van der Waals surface area contributed by atoms with Crippen LogP contribution in [-0.4, -0.2) is 42.9 Å². The fourth-order valence-electron chi connectivity index (χ4n) is 3.77. The molecular formula is C17H23ClN2O3. The van der Waals surface area contributed by atoms with Crippen molar-refractivity contribution in [3.8, 4) is 0 Å². The van der Waals surface area contributed by atoms with Crippen LogP contribution in [-0.2, 0) is 20.7 Å². The van der Waals surface area contributed by atoms with Gasteiger partial charge in [0.1, 0.15) is 0 Å². The molecule has 5 nitrogen and oxygen atoms in total. The van der Waals surface area contributed by atoms with Crippen molar-refractivity contribution in [3.05, 3.63) is 29.0 Å². The number of aromatic nitrogens is 1. The van der Waals surface area contributed by atoms with Crippen molar-refractivity contribution in [2.45, 2.75) is 44.8 Å². The lowest BCUT2D eigenvalue weighted by Gasteiger charge is -2.57. The van der Waals surface area contributed by atoms with Crippen molar-refractivity contribution in [2.24, 2.45) is 5.41 Å². The third-order valence-electron chi connectivity index (χ3n) is 5.12. The van der Waals surface area contributed by atoms with Gasteiger partial charge in [-0.2, -0.15) is 0 Å². The maximum absolute atomic E-state index is 12.4. The van der Waals surface area contributed by atoms with Crippen molar-refractivity contribution < 1.29 is 14.3 Å². The summed E-state index contributed by atoms with van der Waals surface area (Å²) in [6.45, 7) is 4.21. The lowest BCUT2D eigenvalue weighted by Crippen LogP contribution is -2.66. The Morgan fingerprint density at radius 1 is 1.52 bits per heavy atom. The molecule has 0 radical (unpaired) electrons. The molecule has 2 atom stereocenters. The first kappa shape index (κ1) is 16.7. The SMILES string of the molecule is CCO[C@@H]1C[C@@H](NC(=O)Cc2ccncc2Cl)C12CCOCC2. The molecule has 126 valence electrons. The first-order valence-electron chi connectivity index (χ1n) is 8.23. The molecule has 1 spiro atoms. The lowest BCUT2D eigenvalue weighted by molar-refractivity contribution is -0.175. The van der Waals surface area contributed by atoms with E-state index in [1.165, 1.54) is 0 Å². The monoisotopic (exact) mass is 338 g/mol. The minimum absolute atomic E-state index is 0.00363. The van der Waals surface area contributed by atoms with Gasteiger partial charge in [-0.25, -0.2) is 0 Å². The molecule has 1 aromatic rings. The second-order valence-electron chi connectivity index (χ2n) is 6.29. The predicted octanol–water partition coefficient (Wildman–Crippen LogP) is 2.37. The fraction of sp³-hybridized carbons (Fsp3) is 0.647. The molecule has 1 saturated carbocycles. The summed E-state index contributed by atoms with van der Waals surface area (Å²) in [7, 11) is 0. The second kappa shape index (κ2) is 7.16. The average Bonchev–Trinajstić information content (AvgIpc) is 2.57. The topological polar surface area (TPSA) is 60.5 Å². The number of halogens is 1. The summed E-state index contributed by atoms with van der Waals surface area (Å²) in [6, 6.07) is 1.95. The molecule has 1 saturated heterocycles. The summed E-state index contributed by atoms with van der Waals surface area (Å²) in [5, 5.41) is 3.72. The van der Waals surface area contributed by atoms with Crippen LogP contribution in [0, 0.1) is 5.41 Å². The van der Waals surface area contributed by atoms with E-state index in [1.54, 1.807) is 18.5 Å². The smallest absolute Gasteiger partial charge is 0.224 e. The van der Waals surface area contributed by atoms with Crippen molar-refractivity contribution in [2.75, 3.05) is 19.8 Å². The first-order chi connectivity index (χ1) is 11.2. The summed E-state index contributed by atoms with van der Waals surface area (Å²) in [6.07, 6.45) is 6.50. The van der Waals surface area contributed by atoms with Crippen molar-refractivity contribution in [1.82, 2.24) is 10.3 Å². The molecule has 3 rings (SSSR count). The van der Waals surface area contributed by atoms with Gasteiger partial charge in [-0.1, -0.05) is 11.6 Å². The van der Waals surface area contributed by atoms with Crippen molar-refractivity contribution >= 4 is 17.5 Å². The molecule has 0 unspecified atom stereocenters. The number of carbonyl (C=O) groups is 1. The summed E-state index contributed by atoms with van der Waals surface area (Å²) < 4.78 is 11.4. The van der Waals surface area contributed by atoms with E-state index in [0.717, 1.165) is 38.0 Å². The zero-order valence-corrected chi connectivity index (χ0v) is 14.1. The van der Waals surface area contributed by atoms with E-state index in [0.29, 0.717) is 11.6 Å². The molecule has 0 aromatic carbocycles. The molecule has 1 aliphatic heterocycles. The van der Waals surface area contributed by atoms with Gasteiger partial charge in [0.25, 0.3) is 0 Å². The highest BCUT2D eigenvalue weighted by Crippen LogP contribution is 2.50. The van der Waals surface area contributed by atoms with Crippen LogP contribution in [0.2, 0.25) is 5.02 Å². The van der Waals surface area contributed by atoms with E-state index in [4.69, 9.17) is 21.1 Å². The molecule has 0 bridgehead atoms. The van der Waals surface area contributed by atoms with Gasteiger partial charge < -0.3 is 14.8 Å². The van der Waals surface area contributed by atoms with E-state index in [-0.39, 0.29) is 29.9 Å². The van der Waals surface area contributed by atoms with Gasteiger partial charge in [0.05, 0.1) is 17.5 Å². The zero-order valence-electron chi connectivity index (χ0n) is 13.4. The minimum Gasteiger partial charge on any atom is -0.381 e. The maximum Gasteiger partial charge on any atom is 0.224 e. The number of rotatable bonds is 5. The van der Waals surface area contributed by atoms with Crippen LogP contribution in [0.25, 0.3) is 0 Å². The second-order valence-corrected chi connectivity index (χ2v) is 6.70. The van der Waals surface area contributed by atoms with Gasteiger partial charge in [-0.05, 0) is 37.8 Å². The normalized spacial score (nSPS) is 25.8. The molecule has 2 heterocycles. The molecular weight excluding hydrogens is 316 g/mol. The van der Waals surface area contributed by atoms with Crippen LogP contribution in [0.3, 0.4) is 0 Å². The van der Waals surface area contributed by atoms with Gasteiger partial charge >= 0.3 is 0 Å². The lowest BCUT2D eigenvalue weighted by atomic mass is 9.57. The van der Waals surface area contributed by atoms with Crippen LogP contribution in [0.4, 0.5) is 0 Å². The molecule has 1 aromatic heterocycles. The first-order valence-corrected chi connectivity index (χ1v) is 8.60. The highest BCUT2D eigenvalue weighted by atomic mass is 35.5. The zero-order chi connectivity index (χ0) is 16.3. The molecule has 23 heavy (non-hydrogen) atoms. The van der Waals surface area contributed by atoms with Crippen molar-refractivity contribution in [3.63, 3.8) is 0 Å². The van der Waals surface area contributed by atoms with E-state index in [1.807, 2.05) is 6.92 Å². The number of amides is 1. The summed E-state index contributed by atoms with van der Waals surface area (Å²) in [5.74, 6) is 0.00363. The number of carbonyl (C=O) groups excluding carboxylic acids is 1. The Labute approximate surface area is 141 Å². The van der Waals surface area contributed by atoms with Gasteiger partial charge in [-0.15, -0.1) is 0 Å². The van der Waals surface area contributed by atoms with Gasteiger partial charge in [0, 0.05) is 43.7 Å². The number of nitrogens with one attached hydrogen (secondary N) is 1. The Morgan fingerprint density at radius 3 is 3.00 bits per heavy atom. The highest BCUT2D eigenvalue weighted by Gasteiger charge is 2.56. The molecule has 1 amide bonds. The van der Waals surface area contributed by atoms with Crippen LogP contribution in [0.1, 0.15) is 31.7 Å². The Morgan fingerprint density at radius 2 is 2.30 bits per heavy atom. The number of pyridine rings is 1. The van der Waals surface area contributed by atoms with Gasteiger partial charge in [0.2, 0.25) is 5.91 Å². The average molecular weight is 339 g/mol. The summed E-state index contributed by atoms with van der Waals surface area (Å²) >= 11 is 6.08. The summed E-state index contributed by atoms with van der Waals surface area (Å²) in [4.78, 5) is 16.3. The fourth-order valence-corrected chi connectivity index (χ4v) is 3.96. The Balaban J connectivity index is 1.63. The van der Waals surface area contributed by atoms with Gasteiger partial charge in [-0.3, -0.25) is 9.78 Å². The third kappa shape index (κ3) is 3.37.